The van der Waals surface area contributed by atoms with Gasteiger partial charge in [-0.2, -0.15) is 0 Å². The van der Waals surface area contributed by atoms with Crippen LogP contribution in [-0.4, -0.2) is 5.91 Å². The summed E-state index contributed by atoms with van der Waals surface area (Å²) in [6.45, 7) is 0. The number of ether oxygens (including phenoxy) is 2. The number of nitrogens with one attached hydrogen (secondary N) is 1. The van der Waals surface area contributed by atoms with E-state index in [1.807, 2.05) is 30.3 Å². The van der Waals surface area contributed by atoms with Gasteiger partial charge in [0.25, 0.3) is 5.91 Å². The third kappa shape index (κ3) is 3.21. The maximum Gasteiger partial charge on any atom is 0.258 e. The minimum atomic E-state index is -0.536. The zero-order valence-corrected chi connectivity index (χ0v) is 13.6. The molecule has 3 N–H and O–H groups in total. The SMILES string of the molecule is Nc1ccc2c(c1)C(=O)NC(c1ccc(OC3=CCCC=C3)cc1)O2. The van der Waals surface area contributed by atoms with Crippen LogP contribution in [0.25, 0.3) is 0 Å². The maximum absolute atomic E-state index is 12.3. The molecule has 1 amide bonds. The Kier molecular flexibility index (Phi) is 3.90. The van der Waals surface area contributed by atoms with E-state index in [9.17, 15) is 4.79 Å². The molecule has 0 saturated heterocycles. The van der Waals surface area contributed by atoms with Crippen molar-refractivity contribution in [2.45, 2.75) is 19.1 Å². The summed E-state index contributed by atoms with van der Waals surface area (Å²) >= 11 is 0. The lowest BCUT2D eigenvalue weighted by atomic mass is 10.1. The van der Waals surface area contributed by atoms with E-state index >= 15 is 0 Å². The molecule has 5 nitrogen and oxygen atoms in total. The number of nitrogens with two attached hydrogens (primary N) is 1. The van der Waals surface area contributed by atoms with Crippen LogP contribution in [-0.2, 0) is 0 Å². The van der Waals surface area contributed by atoms with Crippen LogP contribution in [0.15, 0.2) is 66.5 Å². The van der Waals surface area contributed by atoms with Crippen molar-refractivity contribution in [2.75, 3.05) is 5.73 Å². The first-order valence-electron chi connectivity index (χ1n) is 8.20. The highest BCUT2D eigenvalue weighted by Gasteiger charge is 2.26. The molecule has 0 spiro atoms. The van der Waals surface area contributed by atoms with Gasteiger partial charge in [-0.25, -0.2) is 0 Å². The average molecular weight is 334 g/mol. The number of amides is 1. The van der Waals surface area contributed by atoms with Crippen molar-refractivity contribution in [3.63, 3.8) is 0 Å². The van der Waals surface area contributed by atoms with Gasteiger partial charge in [-0.05, 0) is 67.5 Å². The van der Waals surface area contributed by atoms with Crippen molar-refractivity contribution in [1.82, 2.24) is 5.32 Å². The molecule has 2 aliphatic rings. The minimum absolute atomic E-state index is 0.198. The second-order valence-electron chi connectivity index (χ2n) is 5.98. The van der Waals surface area contributed by atoms with Crippen LogP contribution >= 0.6 is 0 Å². The largest absolute Gasteiger partial charge is 0.466 e. The molecule has 0 radical (unpaired) electrons. The zero-order valence-electron chi connectivity index (χ0n) is 13.6. The van der Waals surface area contributed by atoms with Crippen LogP contribution in [0.2, 0.25) is 0 Å². The van der Waals surface area contributed by atoms with Crippen molar-refractivity contribution in [3.8, 4) is 11.5 Å². The van der Waals surface area contributed by atoms with Crippen LogP contribution in [0.5, 0.6) is 11.5 Å². The van der Waals surface area contributed by atoms with Crippen LogP contribution in [0.4, 0.5) is 5.69 Å². The molecule has 126 valence electrons. The second-order valence-corrected chi connectivity index (χ2v) is 5.98. The Morgan fingerprint density at radius 3 is 2.72 bits per heavy atom. The van der Waals surface area contributed by atoms with Gasteiger partial charge < -0.3 is 20.5 Å². The number of benzene rings is 2. The summed E-state index contributed by atoms with van der Waals surface area (Å²) < 4.78 is 11.7. The molecule has 1 heterocycles. The van der Waals surface area contributed by atoms with E-state index in [0.717, 1.165) is 29.9 Å². The monoisotopic (exact) mass is 334 g/mol. The highest BCUT2D eigenvalue weighted by Crippen LogP contribution is 2.31. The molecule has 0 saturated carbocycles. The lowest BCUT2D eigenvalue weighted by Crippen LogP contribution is -2.36. The van der Waals surface area contributed by atoms with E-state index < -0.39 is 6.23 Å². The van der Waals surface area contributed by atoms with Gasteiger partial charge in [0.2, 0.25) is 0 Å². The normalized spacial score (nSPS) is 18.6. The van der Waals surface area contributed by atoms with Gasteiger partial charge in [0.15, 0.2) is 6.23 Å². The van der Waals surface area contributed by atoms with Gasteiger partial charge in [-0.1, -0.05) is 6.08 Å². The second kappa shape index (κ2) is 6.36. The quantitative estimate of drug-likeness (QED) is 0.839. The average Bonchev–Trinajstić information content (AvgIpc) is 2.64. The molecule has 1 aliphatic carbocycles. The van der Waals surface area contributed by atoms with Crippen molar-refractivity contribution in [2.24, 2.45) is 0 Å². The van der Waals surface area contributed by atoms with Crippen LogP contribution in [0.1, 0.15) is 35.0 Å². The highest BCUT2D eigenvalue weighted by molar-refractivity contribution is 5.98. The van der Waals surface area contributed by atoms with Crippen molar-refractivity contribution in [3.05, 3.63) is 77.6 Å². The minimum Gasteiger partial charge on any atom is -0.466 e. The fourth-order valence-electron chi connectivity index (χ4n) is 2.84. The number of hydrogen-bond donors (Lipinski definition) is 2. The lowest BCUT2D eigenvalue weighted by molar-refractivity contribution is 0.0756. The molecule has 1 unspecified atom stereocenters. The van der Waals surface area contributed by atoms with Crippen LogP contribution < -0.4 is 20.5 Å². The molecule has 0 aromatic heterocycles. The number of carbonyl (C=O) groups excluding carboxylic acids is 1. The van der Waals surface area contributed by atoms with Gasteiger partial charge in [0.1, 0.15) is 17.3 Å². The molecule has 2 aromatic rings. The summed E-state index contributed by atoms with van der Waals surface area (Å²) in [5.41, 5.74) is 7.55. The predicted octanol–water partition coefficient (Wildman–Crippen LogP) is 3.70. The van der Waals surface area contributed by atoms with Crippen molar-refractivity contribution >= 4 is 11.6 Å². The maximum atomic E-state index is 12.3. The summed E-state index contributed by atoms with van der Waals surface area (Å²) in [4.78, 5) is 12.3. The van der Waals surface area contributed by atoms with Crippen molar-refractivity contribution < 1.29 is 14.3 Å². The lowest BCUT2D eigenvalue weighted by Gasteiger charge is -2.27. The number of nitrogen functional groups attached to an aromatic ring is 1. The number of rotatable bonds is 3. The van der Waals surface area contributed by atoms with Crippen LogP contribution in [0, 0.1) is 0 Å². The Hall–Kier alpha value is -3.21. The predicted molar refractivity (Wildman–Crippen MR) is 95.2 cm³/mol. The van der Waals surface area contributed by atoms with Gasteiger partial charge >= 0.3 is 0 Å². The van der Waals surface area contributed by atoms with E-state index in [2.05, 4.69) is 17.5 Å². The van der Waals surface area contributed by atoms with E-state index in [4.69, 9.17) is 15.2 Å². The fourth-order valence-corrected chi connectivity index (χ4v) is 2.84. The van der Waals surface area contributed by atoms with E-state index in [1.165, 1.54) is 0 Å². The van der Waals surface area contributed by atoms with Gasteiger partial charge in [-0.15, -0.1) is 0 Å². The van der Waals surface area contributed by atoms with E-state index in [-0.39, 0.29) is 5.91 Å². The Balaban J connectivity index is 1.51. The van der Waals surface area contributed by atoms with Gasteiger partial charge in [0, 0.05) is 11.3 Å². The first-order chi connectivity index (χ1) is 12.2. The van der Waals surface area contributed by atoms with E-state index in [0.29, 0.717) is 17.0 Å². The molecule has 1 atom stereocenters. The molecule has 4 rings (SSSR count). The third-order valence-corrected chi connectivity index (χ3v) is 4.13. The van der Waals surface area contributed by atoms with E-state index in [1.54, 1.807) is 18.2 Å². The molecule has 0 fully saturated rings. The van der Waals surface area contributed by atoms with Gasteiger partial charge in [0.05, 0.1) is 5.56 Å². The standard InChI is InChI=1S/C20H18N2O3/c21-14-8-11-18-17(12-14)19(23)22-20(25-18)13-6-9-16(10-7-13)24-15-4-2-1-3-5-15/h2,4-12,20H,1,3,21H2,(H,22,23). The van der Waals surface area contributed by atoms with Gasteiger partial charge in [-0.3, -0.25) is 4.79 Å². The topological polar surface area (TPSA) is 73.6 Å². The smallest absolute Gasteiger partial charge is 0.258 e. The van der Waals surface area contributed by atoms with Crippen molar-refractivity contribution in [1.29, 1.82) is 0 Å². The number of allylic oxidation sites excluding steroid dienone is 3. The molecular formula is C20H18N2O3. The number of fused-ring (bicyclic) bond motifs is 1. The summed E-state index contributed by atoms with van der Waals surface area (Å²) in [5, 5.41) is 2.84. The Labute approximate surface area is 145 Å². The summed E-state index contributed by atoms with van der Waals surface area (Å²) in [5.74, 6) is 1.93. The third-order valence-electron chi connectivity index (χ3n) is 4.13. The number of carbonyl (C=O) groups is 1. The first-order valence-corrected chi connectivity index (χ1v) is 8.20. The number of hydrogen-bond acceptors (Lipinski definition) is 4. The van der Waals surface area contributed by atoms with Crippen LogP contribution in [0.3, 0.4) is 0 Å². The fraction of sp³-hybridized carbons (Fsp3) is 0.150. The Bertz CT molecular complexity index is 869. The molecule has 5 heteroatoms. The molecule has 2 aromatic carbocycles. The Morgan fingerprint density at radius 2 is 1.96 bits per heavy atom. The summed E-state index contributed by atoms with van der Waals surface area (Å²) in [6, 6.07) is 12.6. The molecule has 25 heavy (non-hydrogen) atoms. The Morgan fingerprint density at radius 1 is 1.12 bits per heavy atom. The number of anilines is 1. The molecule has 0 bridgehead atoms. The molecular weight excluding hydrogens is 316 g/mol. The first kappa shape index (κ1) is 15.3. The zero-order chi connectivity index (χ0) is 17.2. The summed E-state index contributed by atoms with van der Waals surface area (Å²) in [7, 11) is 0. The molecule has 1 aliphatic heterocycles. The highest BCUT2D eigenvalue weighted by atomic mass is 16.5. The summed E-state index contributed by atoms with van der Waals surface area (Å²) in [6.07, 6.45) is 7.66.